The molecule has 0 saturated carbocycles. The number of hydrogen-bond acceptors (Lipinski definition) is 4. The molecule has 8 heteroatoms. The van der Waals surface area contributed by atoms with E-state index in [4.69, 9.17) is 27.9 Å². The quantitative estimate of drug-likeness (QED) is 0.605. The highest BCUT2D eigenvalue weighted by molar-refractivity contribution is 6.30. The number of ether oxygens (including phenoxy) is 1. The van der Waals surface area contributed by atoms with Crippen molar-refractivity contribution in [2.75, 3.05) is 26.3 Å². The van der Waals surface area contributed by atoms with Crippen LogP contribution in [0.3, 0.4) is 0 Å². The number of rotatable bonds is 6. The van der Waals surface area contributed by atoms with Gasteiger partial charge >= 0.3 is 5.91 Å². The van der Waals surface area contributed by atoms with Crippen molar-refractivity contribution in [3.8, 4) is 0 Å². The van der Waals surface area contributed by atoms with E-state index in [2.05, 4.69) is 15.4 Å². The Balaban J connectivity index is 1.57. The van der Waals surface area contributed by atoms with Gasteiger partial charge in [0.05, 0.1) is 18.9 Å². The van der Waals surface area contributed by atoms with Crippen LogP contribution in [0.4, 0.5) is 0 Å². The number of nitrogens with zero attached hydrogens (tertiary/aromatic N) is 2. The molecule has 2 aromatic carbocycles. The molecule has 4 rings (SSSR count). The van der Waals surface area contributed by atoms with E-state index in [0.29, 0.717) is 55.0 Å². The fourth-order valence-corrected chi connectivity index (χ4v) is 3.57. The predicted octanol–water partition coefficient (Wildman–Crippen LogP) is 3.88. The number of carbonyl (C=O) groups excluding carboxylic acids is 1. The Hall–Kier alpha value is -2.38. The molecule has 1 saturated heterocycles. The summed E-state index contributed by atoms with van der Waals surface area (Å²) in [6.45, 7) is 2.51. The molecule has 1 aliphatic heterocycles. The maximum atomic E-state index is 12.8. The number of aromatic amines is 1. The third-order valence-corrected chi connectivity index (χ3v) is 5.43. The predicted molar refractivity (Wildman–Crippen MR) is 117 cm³/mol. The largest absolute Gasteiger partial charge is 0.379 e. The van der Waals surface area contributed by atoms with Crippen LogP contribution in [0.15, 0.2) is 48.5 Å². The van der Waals surface area contributed by atoms with Crippen LogP contribution in [0, 0.1) is 0 Å². The summed E-state index contributed by atoms with van der Waals surface area (Å²) >= 11 is 12.0. The van der Waals surface area contributed by atoms with E-state index in [1.54, 1.807) is 0 Å². The average Bonchev–Trinajstić information content (AvgIpc) is 3.14. The zero-order valence-electron chi connectivity index (χ0n) is 16.3. The molecule has 0 atom stereocenters. The number of H-pyrrole nitrogens is 1. The summed E-state index contributed by atoms with van der Waals surface area (Å²) in [7, 11) is 0. The van der Waals surface area contributed by atoms with Crippen LogP contribution in [0.25, 0.3) is 0 Å². The lowest BCUT2D eigenvalue weighted by Gasteiger charge is -2.26. The highest BCUT2D eigenvalue weighted by atomic mass is 35.5. The number of halogens is 2. The number of morpholine rings is 1. The van der Waals surface area contributed by atoms with Crippen molar-refractivity contribution in [3.05, 3.63) is 86.9 Å². The van der Waals surface area contributed by atoms with Gasteiger partial charge in [-0.25, -0.2) is 9.99 Å². The van der Waals surface area contributed by atoms with Gasteiger partial charge in [-0.15, -0.1) is 0 Å². The third kappa shape index (κ3) is 5.40. The smallest absolute Gasteiger partial charge is 0.301 e. The van der Waals surface area contributed by atoms with Crippen LogP contribution in [0.5, 0.6) is 0 Å². The summed E-state index contributed by atoms with van der Waals surface area (Å²) in [5, 5.41) is 3.23. The van der Waals surface area contributed by atoms with Crippen LogP contribution in [-0.4, -0.2) is 47.2 Å². The van der Waals surface area contributed by atoms with Gasteiger partial charge < -0.3 is 9.72 Å². The number of imidazole rings is 1. The molecule has 2 N–H and O–H groups in total. The van der Waals surface area contributed by atoms with E-state index >= 15 is 0 Å². The number of hydrazine groups is 1. The molecule has 0 bridgehead atoms. The van der Waals surface area contributed by atoms with E-state index in [-0.39, 0.29) is 5.91 Å². The lowest BCUT2D eigenvalue weighted by Crippen LogP contribution is -2.48. The van der Waals surface area contributed by atoms with Crippen LogP contribution >= 0.6 is 23.2 Å². The van der Waals surface area contributed by atoms with Crippen molar-refractivity contribution >= 4 is 29.1 Å². The van der Waals surface area contributed by atoms with Gasteiger partial charge in [0.15, 0.2) is 5.82 Å². The molecule has 2 heterocycles. The Labute approximate surface area is 185 Å². The van der Waals surface area contributed by atoms with Gasteiger partial charge in [0, 0.05) is 41.7 Å². The van der Waals surface area contributed by atoms with Crippen molar-refractivity contribution < 1.29 is 9.53 Å². The summed E-state index contributed by atoms with van der Waals surface area (Å²) < 4.78 is 5.32. The Morgan fingerprint density at radius 2 is 1.53 bits per heavy atom. The molecule has 1 aliphatic rings. The van der Waals surface area contributed by atoms with Crippen molar-refractivity contribution in [2.45, 2.75) is 12.8 Å². The maximum Gasteiger partial charge on any atom is 0.301 e. The number of benzene rings is 2. The van der Waals surface area contributed by atoms with Crippen molar-refractivity contribution in [1.29, 1.82) is 0 Å². The standard InChI is InChI=1S/C22H22Cl2N4O2/c23-17-5-1-15(2-6-17)13-19-20(14-16-3-7-18(24)8-4-16)26-21(25-19)22(29)27-28-9-11-30-12-10-28/h1-8H,9-14H2,(H,25,26)(H,27,29). The summed E-state index contributed by atoms with van der Waals surface area (Å²) in [4.78, 5) is 20.6. The first-order valence-corrected chi connectivity index (χ1v) is 10.5. The first-order chi connectivity index (χ1) is 14.6. The Morgan fingerprint density at radius 1 is 0.967 bits per heavy atom. The molecule has 1 aromatic heterocycles. The minimum Gasteiger partial charge on any atom is -0.379 e. The second kappa shape index (κ2) is 9.62. The molecule has 3 aromatic rings. The number of carbonyl (C=O) groups is 1. The number of nitrogens with one attached hydrogen (secondary N) is 2. The minimum absolute atomic E-state index is 0.253. The maximum absolute atomic E-state index is 12.8. The van der Waals surface area contributed by atoms with Gasteiger partial charge in [-0.05, 0) is 35.4 Å². The monoisotopic (exact) mass is 444 g/mol. The number of amides is 1. The molecular weight excluding hydrogens is 423 g/mol. The zero-order chi connectivity index (χ0) is 20.9. The second-order valence-corrected chi connectivity index (χ2v) is 8.03. The highest BCUT2D eigenvalue weighted by Crippen LogP contribution is 2.19. The summed E-state index contributed by atoms with van der Waals surface area (Å²) in [6, 6.07) is 15.3. The number of aromatic nitrogens is 2. The van der Waals surface area contributed by atoms with Crippen molar-refractivity contribution in [3.63, 3.8) is 0 Å². The fraction of sp³-hybridized carbons (Fsp3) is 0.273. The fourth-order valence-electron chi connectivity index (χ4n) is 3.32. The van der Waals surface area contributed by atoms with Crippen molar-refractivity contribution in [2.24, 2.45) is 0 Å². The molecular formula is C22H22Cl2N4O2. The molecule has 0 radical (unpaired) electrons. The van der Waals surface area contributed by atoms with Gasteiger partial charge in [0.2, 0.25) is 0 Å². The van der Waals surface area contributed by atoms with Crippen LogP contribution in [-0.2, 0) is 17.6 Å². The first kappa shape index (κ1) is 20.9. The average molecular weight is 445 g/mol. The first-order valence-electron chi connectivity index (χ1n) is 9.77. The molecule has 0 unspecified atom stereocenters. The molecule has 1 fully saturated rings. The van der Waals surface area contributed by atoms with Gasteiger partial charge in [-0.2, -0.15) is 0 Å². The summed E-state index contributed by atoms with van der Waals surface area (Å²) in [6.07, 6.45) is 1.22. The Morgan fingerprint density at radius 3 is 2.13 bits per heavy atom. The molecule has 0 aliphatic carbocycles. The van der Waals surface area contributed by atoms with E-state index in [0.717, 1.165) is 22.5 Å². The number of hydrogen-bond donors (Lipinski definition) is 2. The van der Waals surface area contributed by atoms with E-state index in [9.17, 15) is 4.79 Å². The van der Waals surface area contributed by atoms with E-state index in [1.165, 1.54) is 0 Å². The SMILES string of the molecule is O=C(NN1CCOCC1)c1nc(Cc2ccc(Cl)cc2)c(Cc2ccc(Cl)cc2)[nH]1. The summed E-state index contributed by atoms with van der Waals surface area (Å²) in [5.41, 5.74) is 6.80. The molecule has 0 spiro atoms. The topological polar surface area (TPSA) is 70.2 Å². The molecule has 1 amide bonds. The molecule has 30 heavy (non-hydrogen) atoms. The second-order valence-electron chi connectivity index (χ2n) is 7.16. The Kier molecular flexibility index (Phi) is 6.69. The molecule has 6 nitrogen and oxygen atoms in total. The minimum atomic E-state index is -0.253. The third-order valence-electron chi connectivity index (χ3n) is 4.93. The highest BCUT2D eigenvalue weighted by Gasteiger charge is 2.20. The zero-order valence-corrected chi connectivity index (χ0v) is 17.8. The lowest BCUT2D eigenvalue weighted by molar-refractivity contribution is 0.0123. The van der Waals surface area contributed by atoms with E-state index < -0.39 is 0 Å². The lowest BCUT2D eigenvalue weighted by atomic mass is 10.0. The van der Waals surface area contributed by atoms with Crippen LogP contribution < -0.4 is 5.43 Å². The van der Waals surface area contributed by atoms with Gasteiger partial charge in [-0.3, -0.25) is 10.2 Å². The molecule has 156 valence electrons. The van der Waals surface area contributed by atoms with Gasteiger partial charge in [0.25, 0.3) is 0 Å². The van der Waals surface area contributed by atoms with Gasteiger partial charge in [-0.1, -0.05) is 47.5 Å². The summed E-state index contributed by atoms with van der Waals surface area (Å²) in [5.74, 6) is 0.0473. The normalized spacial score (nSPS) is 14.6. The van der Waals surface area contributed by atoms with Crippen LogP contribution in [0.2, 0.25) is 10.0 Å². The Bertz CT molecular complexity index is 932. The van der Waals surface area contributed by atoms with Crippen molar-refractivity contribution in [1.82, 2.24) is 20.4 Å². The van der Waals surface area contributed by atoms with Crippen LogP contribution in [0.1, 0.15) is 33.1 Å². The van der Waals surface area contributed by atoms with Gasteiger partial charge in [0.1, 0.15) is 0 Å². The van der Waals surface area contributed by atoms with E-state index in [1.807, 2.05) is 53.5 Å².